The first-order chi connectivity index (χ1) is 9.61. The Hall–Kier alpha value is -1.26. The number of nitrogens with zero attached hydrogens (tertiary/aromatic N) is 2. The molecule has 2 unspecified atom stereocenters. The molecule has 4 heteroatoms. The number of benzene rings is 1. The van der Waals surface area contributed by atoms with Gasteiger partial charge in [0, 0.05) is 29.0 Å². The average Bonchev–Trinajstić information content (AvgIpc) is 2.46. The highest BCUT2D eigenvalue weighted by atomic mass is 79.9. The molecule has 0 saturated carbocycles. The van der Waals surface area contributed by atoms with Crippen molar-refractivity contribution in [2.45, 2.75) is 39.3 Å². The van der Waals surface area contributed by atoms with E-state index in [0.29, 0.717) is 6.04 Å². The Bertz CT molecular complexity index is 554. The molecule has 2 atom stereocenters. The quantitative estimate of drug-likeness (QED) is 0.883. The van der Waals surface area contributed by atoms with Crippen LogP contribution in [-0.2, 0) is 0 Å². The fraction of sp³-hybridized carbons (Fsp3) is 0.375. The minimum absolute atomic E-state index is 0.178. The van der Waals surface area contributed by atoms with Crippen LogP contribution in [0.5, 0.6) is 0 Å². The van der Waals surface area contributed by atoms with Gasteiger partial charge in [0.15, 0.2) is 0 Å². The van der Waals surface area contributed by atoms with E-state index < -0.39 is 0 Å². The fourth-order valence-electron chi connectivity index (χ4n) is 2.37. The molecular formula is C16H20BrN3. The van der Waals surface area contributed by atoms with E-state index >= 15 is 0 Å². The van der Waals surface area contributed by atoms with E-state index in [1.54, 1.807) is 12.4 Å². The standard InChI is InChI=1S/C16H20BrN3/c1-4-15(13-5-7-14(17)8-6-13)20-12(3)16-11(2)18-9-10-19-16/h5-10,12,15,20H,4H2,1-3H3. The van der Waals surface area contributed by atoms with Crippen LogP contribution in [0.2, 0.25) is 0 Å². The van der Waals surface area contributed by atoms with Gasteiger partial charge >= 0.3 is 0 Å². The van der Waals surface area contributed by atoms with Crippen LogP contribution in [-0.4, -0.2) is 9.97 Å². The first-order valence-electron chi connectivity index (χ1n) is 6.90. The molecule has 3 nitrogen and oxygen atoms in total. The van der Waals surface area contributed by atoms with E-state index in [1.807, 2.05) is 6.92 Å². The van der Waals surface area contributed by atoms with E-state index in [-0.39, 0.29) is 6.04 Å². The highest BCUT2D eigenvalue weighted by Gasteiger charge is 2.16. The maximum absolute atomic E-state index is 4.44. The van der Waals surface area contributed by atoms with E-state index in [2.05, 4.69) is 69.3 Å². The zero-order valence-electron chi connectivity index (χ0n) is 12.1. The summed E-state index contributed by atoms with van der Waals surface area (Å²) in [6.45, 7) is 6.33. The van der Waals surface area contributed by atoms with Crippen molar-refractivity contribution >= 4 is 15.9 Å². The minimum atomic E-state index is 0.178. The summed E-state index contributed by atoms with van der Waals surface area (Å²) in [7, 11) is 0. The molecule has 1 aromatic heterocycles. The Balaban J connectivity index is 2.14. The molecule has 0 amide bonds. The molecule has 0 aliphatic heterocycles. The normalized spacial score (nSPS) is 14.0. The van der Waals surface area contributed by atoms with E-state index in [4.69, 9.17) is 0 Å². The zero-order valence-corrected chi connectivity index (χ0v) is 13.7. The van der Waals surface area contributed by atoms with Gasteiger partial charge in [-0.25, -0.2) is 0 Å². The number of aromatic nitrogens is 2. The number of aryl methyl sites for hydroxylation is 1. The van der Waals surface area contributed by atoms with Crippen molar-refractivity contribution in [2.24, 2.45) is 0 Å². The molecule has 20 heavy (non-hydrogen) atoms. The lowest BCUT2D eigenvalue weighted by Crippen LogP contribution is -2.25. The van der Waals surface area contributed by atoms with Crippen molar-refractivity contribution in [3.63, 3.8) is 0 Å². The summed E-state index contributed by atoms with van der Waals surface area (Å²) in [5, 5.41) is 3.64. The van der Waals surface area contributed by atoms with Crippen LogP contribution in [0.4, 0.5) is 0 Å². The van der Waals surface area contributed by atoms with Crippen LogP contribution in [0.25, 0.3) is 0 Å². The van der Waals surface area contributed by atoms with Gasteiger partial charge in [-0.2, -0.15) is 0 Å². The molecule has 1 heterocycles. The summed E-state index contributed by atoms with van der Waals surface area (Å²) in [6, 6.07) is 8.97. The largest absolute Gasteiger partial charge is 0.302 e. The van der Waals surface area contributed by atoms with Gasteiger partial charge < -0.3 is 5.32 Å². The molecule has 2 aromatic rings. The van der Waals surface area contributed by atoms with Gasteiger partial charge in [0.05, 0.1) is 11.4 Å². The summed E-state index contributed by atoms with van der Waals surface area (Å²) >= 11 is 3.47. The lowest BCUT2D eigenvalue weighted by molar-refractivity contribution is 0.447. The number of nitrogens with one attached hydrogen (secondary N) is 1. The Morgan fingerprint density at radius 3 is 2.40 bits per heavy atom. The van der Waals surface area contributed by atoms with Crippen LogP contribution >= 0.6 is 15.9 Å². The summed E-state index contributed by atoms with van der Waals surface area (Å²) in [5.41, 5.74) is 3.30. The van der Waals surface area contributed by atoms with Crippen molar-refractivity contribution in [1.29, 1.82) is 0 Å². The maximum atomic E-state index is 4.44. The van der Waals surface area contributed by atoms with Gasteiger partial charge in [0.1, 0.15) is 0 Å². The first kappa shape index (κ1) is 15.1. The van der Waals surface area contributed by atoms with E-state index in [1.165, 1.54) is 5.56 Å². The van der Waals surface area contributed by atoms with Gasteiger partial charge in [-0.15, -0.1) is 0 Å². The molecule has 0 spiro atoms. The summed E-state index contributed by atoms with van der Waals surface area (Å²) in [4.78, 5) is 8.75. The fourth-order valence-corrected chi connectivity index (χ4v) is 2.63. The van der Waals surface area contributed by atoms with E-state index in [9.17, 15) is 0 Å². The lowest BCUT2D eigenvalue weighted by Gasteiger charge is -2.23. The lowest BCUT2D eigenvalue weighted by atomic mass is 10.0. The number of hydrogen-bond donors (Lipinski definition) is 1. The predicted octanol–water partition coefficient (Wildman–Crippen LogP) is 4.35. The molecule has 0 bridgehead atoms. The van der Waals surface area contributed by atoms with Crippen LogP contribution in [0.1, 0.15) is 49.3 Å². The molecule has 0 aliphatic carbocycles. The third-order valence-electron chi connectivity index (χ3n) is 3.46. The Labute approximate surface area is 129 Å². The number of rotatable bonds is 5. The summed E-state index contributed by atoms with van der Waals surface area (Å²) < 4.78 is 1.11. The Morgan fingerprint density at radius 1 is 1.15 bits per heavy atom. The maximum Gasteiger partial charge on any atom is 0.0782 e. The van der Waals surface area contributed by atoms with Crippen LogP contribution < -0.4 is 5.32 Å². The van der Waals surface area contributed by atoms with Gasteiger partial charge in [0.25, 0.3) is 0 Å². The van der Waals surface area contributed by atoms with Crippen molar-refractivity contribution in [3.05, 3.63) is 58.1 Å². The molecule has 1 N–H and O–H groups in total. The smallest absolute Gasteiger partial charge is 0.0782 e. The third-order valence-corrected chi connectivity index (χ3v) is 3.99. The SMILES string of the molecule is CCC(NC(C)c1nccnc1C)c1ccc(Br)cc1. The van der Waals surface area contributed by atoms with Gasteiger partial charge in [-0.05, 0) is 38.0 Å². The van der Waals surface area contributed by atoms with Crippen molar-refractivity contribution in [3.8, 4) is 0 Å². The zero-order chi connectivity index (χ0) is 14.5. The van der Waals surface area contributed by atoms with Crippen LogP contribution in [0.3, 0.4) is 0 Å². The predicted molar refractivity (Wildman–Crippen MR) is 85.5 cm³/mol. The third kappa shape index (κ3) is 3.64. The number of halogens is 1. The second-order valence-corrected chi connectivity index (χ2v) is 5.84. The molecule has 0 saturated heterocycles. The monoisotopic (exact) mass is 333 g/mol. The molecule has 106 valence electrons. The molecule has 0 fully saturated rings. The molecular weight excluding hydrogens is 314 g/mol. The minimum Gasteiger partial charge on any atom is -0.302 e. The van der Waals surface area contributed by atoms with Gasteiger partial charge in [0.2, 0.25) is 0 Å². The Morgan fingerprint density at radius 2 is 1.80 bits per heavy atom. The first-order valence-corrected chi connectivity index (χ1v) is 7.70. The summed E-state index contributed by atoms with van der Waals surface area (Å²) in [5.74, 6) is 0. The van der Waals surface area contributed by atoms with Gasteiger partial charge in [-0.1, -0.05) is 35.0 Å². The average molecular weight is 334 g/mol. The molecule has 0 aliphatic rings. The van der Waals surface area contributed by atoms with Gasteiger partial charge in [-0.3, -0.25) is 9.97 Å². The van der Waals surface area contributed by atoms with Crippen molar-refractivity contribution < 1.29 is 0 Å². The topological polar surface area (TPSA) is 37.8 Å². The highest BCUT2D eigenvalue weighted by molar-refractivity contribution is 9.10. The van der Waals surface area contributed by atoms with Crippen molar-refractivity contribution in [1.82, 2.24) is 15.3 Å². The number of hydrogen-bond acceptors (Lipinski definition) is 3. The molecule has 2 rings (SSSR count). The Kier molecular flexibility index (Phi) is 5.26. The molecule has 1 aromatic carbocycles. The van der Waals surface area contributed by atoms with Crippen LogP contribution in [0, 0.1) is 6.92 Å². The highest BCUT2D eigenvalue weighted by Crippen LogP contribution is 2.23. The summed E-state index contributed by atoms with van der Waals surface area (Å²) in [6.07, 6.45) is 4.52. The van der Waals surface area contributed by atoms with Crippen molar-refractivity contribution in [2.75, 3.05) is 0 Å². The second kappa shape index (κ2) is 6.95. The van der Waals surface area contributed by atoms with E-state index in [0.717, 1.165) is 22.3 Å². The molecule has 0 radical (unpaired) electrons. The van der Waals surface area contributed by atoms with Crippen LogP contribution in [0.15, 0.2) is 41.1 Å². The second-order valence-electron chi connectivity index (χ2n) is 4.93.